The van der Waals surface area contributed by atoms with Crippen LogP contribution in [0.15, 0.2) is 85.1 Å². The molecule has 1 N–H and O–H groups in total. The van der Waals surface area contributed by atoms with E-state index in [1.165, 1.54) is 10.9 Å². The number of fused-ring (bicyclic) bond motifs is 1. The Labute approximate surface area is 229 Å². The average molecular weight is 520 g/mol. The second-order valence-electron chi connectivity index (χ2n) is 9.54. The summed E-state index contributed by atoms with van der Waals surface area (Å²) in [5, 5.41) is 1.17. The lowest BCUT2D eigenvalue weighted by Gasteiger charge is -2.17. The van der Waals surface area contributed by atoms with Crippen LogP contribution in [-0.2, 0) is 12.8 Å². The van der Waals surface area contributed by atoms with Crippen LogP contribution in [0.2, 0.25) is 0 Å². The van der Waals surface area contributed by atoms with Crippen LogP contribution in [-0.4, -0.2) is 48.6 Å². The van der Waals surface area contributed by atoms with E-state index in [1.807, 2.05) is 61.6 Å². The Kier molecular flexibility index (Phi) is 7.64. The highest BCUT2D eigenvalue weighted by Gasteiger charge is 2.16. The molecule has 6 heteroatoms. The number of hydrogen-bond donors (Lipinski definition) is 1. The minimum atomic E-state index is 0.000454. The zero-order chi connectivity index (χ0) is 27.4. The van der Waals surface area contributed by atoms with Crippen LogP contribution in [0.3, 0.4) is 0 Å². The maximum Gasteiger partial charge on any atom is 0.253 e. The van der Waals surface area contributed by atoms with Crippen molar-refractivity contribution < 1.29 is 14.3 Å². The molecule has 5 aromatic rings. The van der Waals surface area contributed by atoms with Gasteiger partial charge in [-0.15, -0.1) is 0 Å². The van der Waals surface area contributed by atoms with Crippen LogP contribution in [0.4, 0.5) is 0 Å². The minimum absolute atomic E-state index is 0.000454. The Bertz CT molecular complexity index is 1610. The topological polar surface area (TPSA) is 67.5 Å². The predicted molar refractivity (Wildman–Crippen MR) is 157 cm³/mol. The summed E-state index contributed by atoms with van der Waals surface area (Å²) < 4.78 is 11.0. The lowest BCUT2D eigenvalue weighted by Crippen LogP contribution is -2.29. The number of likely N-dealkylation sites (N-methyl/N-ethyl adjacent to an activating group) is 1. The van der Waals surface area contributed by atoms with Gasteiger partial charge in [0.05, 0.1) is 14.2 Å². The number of benzene rings is 3. The molecule has 6 nitrogen and oxygen atoms in total. The first-order valence-electron chi connectivity index (χ1n) is 13.1. The third-order valence-corrected chi connectivity index (χ3v) is 7.15. The molecule has 0 unspecified atom stereocenters. The molecule has 198 valence electrons. The molecule has 3 aromatic carbocycles. The molecule has 2 aromatic heterocycles. The molecule has 5 rings (SSSR count). The van der Waals surface area contributed by atoms with E-state index in [0.717, 1.165) is 46.4 Å². The van der Waals surface area contributed by atoms with Crippen molar-refractivity contribution >= 4 is 16.8 Å². The van der Waals surface area contributed by atoms with Gasteiger partial charge in [0.2, 0.25) is 0 Å². The highest BCUT2D eigenvalue weighted by molar-refractivity contribution is 5.97. The number of methoxy groups -OCH3 is 2. The van der Waals surface area contributed by atoms with E-state index in [-0.39, 0.29) is 5.91 Å². The number of nitrogens with zero attached hydrogens (tertiary/aromatic N) is 2. The molecule has 0 aliphatic rings. The molecule has 0 saturated heterocycles. The lowest BCUT2D eigenvalue weighted by atomic mass is 9.98. The van der Waals surface area contributed by atoms with Gasteiger partial charge in [0.1, 0.15) is 0 Å². The van der Waals surface area contributed by atoms with Crippen LogP contribution in [0.1, 0.15) is 28.5 Å². The molecule has 0 radical (unpaired) electrons. The predicted octanol–water partition coefficient (Wildman–Crippen LogP) is 6.79. The highest BCUT2D eigenvalue weighted by Crippen LogP contribution is 2.37. The Morgan fingerprint density at radius 1 is 0.872 bits per heavy atom. The fourth-order valence-electron chi connectivity index (χ4n) is 5.01. The molecule has 0 bridgehead atoms. The molecule has 0 atom stereocenters. The summed E-state index contributed by atoms with van der Waals surface area (Å²) >= 11 is 0. The number of ether oxygens (including phenoxy) is 2. The van der Waals surface area contributed by atoms with Crippen molar-refractivity contribution in [1.82, 2.24) is 14.9 Å². The normalized spacial score (nSPS) is 11.0. The van der Waals surface area contributed by atoms with Crippen LogP contribution >= 0.6 is 0 Å². The molecule has 0 saturated carbocycles. The van der Waals surface area contributed by atoms with Crippen molar-refractivity contribution in [3.63, 3.8) is 0 Å². The van der Waals surface area contributed by atoms with E-state index in [1.54, 1.807) is 25.3 Å². The third-order valence-electron chi connectivity index (χ3n) is 7.15. The molecular formula is C33H33N3O3. The zero-order valence-electron chi connectivity index (χ0n) is 22.8. The molecule has 1 amide bonds. The lowest BCUT2D eigenvalue weighted by molar-refractivity contribution is 0.0796. The Morgan fingerprint density at radius 2 is 1.67 bits per heavy atom. The summed E-state index contributed by atoms with van der Waals surface area (Å²) in [6.07, 6.45) is 3.37. The fourth-order valence-corrected chi connectivity index (χ4v) is 5.01. The number of aromatic amines is 1. The monoisotopic (exact) mass is 519 g/mol. The number of hydrogen-bond acceptors (Lipinski definition) is 4. The van der Waals surface area contributed by atoms with Crippen molar-refractivity contribution in [3.05, 3.63) is 102 Å². The van der Waals surface area contributed by atoms with Gasteiger partial charge in [-0.2, -0.15) is 0 Å². The fraction of sp³-hybridized carbons (Fsp3) is 0.212. The van der Waals surface area contributed by atoms with Gasteiger partial charge in [-0.25, -0.2) is 0 Å². The zero-order valence-corrected chi connectivity index (χ0v) is 22.8. The first-order valence-corrected chi connectivity index (χ1v) is 13.1. The number of aromatic nitrogens is 2. The summed E-state index contributed by atoms with van der Waals surface area (Å²) in [7, 11) is 5.13. The van der Waals surface area contributed by atoms with E-state index in [4.69, 9.17) is 9.47 Å². The number of carbonyl (C=O) groups is 1. The molecule has 0 spiro atoms. The average Bonchev–Trinajstić information content (AvgIpc) is 3.37. The number of aryl methyl sites for hydroxylation is 1. The quantitative estimate of drug-likeness (QED) is 0.233. The van der Waals surface area contributed by atoms with E-state index in [2.05, 4.69) is 41.2 Å². The standard InChI is InChI=1S/C33H33N3O3/c1-5-27-28-20-23(12-14-29(28)35-32(27)24-13-15-30(38-3)31(21-24)39-4)22-9-8-10-25(19-22)33(37)36(2)18-16-26-11-6-7-17-34-26/h6-15,17,19-21,35H,5,16,18H2,1-4H3. The molecule has 0 fully saturated rings. The number of amides is 1. The maximum absolute atomic E-state index is 13.2. The molecule has 39 heavy (non-hydrogen) atoms. The first-order chi connectivity index (χ1) is 19.0. The number of carbonyl (C=O) groups excluding carboxylic acids is 1. The van der Waals surface area contributed by atoms with Crippen molar-refractivity contribution in [3.8, 4) is 33.9 Å². The largest absolute Gasteiger partial charge is 0.493 e. The van der Waals surface area contributed by atoms with Gasteiger partial charge in [0.25, 0.3) is 5.91 Å². The molecule has 0 aliphatic heterocycles. The smallest absolute Gasteiger partial charge is 0.253 e. The summed E-state index contributed by atoms with van der Waals surface area (Å²) in [5.41, 5.74) is 8.16. The van der Waals surface area contributed by atoms with Crippen molar-refractivity contribution in [2.24, 2.45) is 0 Å². The Hall–Kier alpha value is -4.58. The first kappa shape index (κ1) is 26.0. The van der Waals surface area contributed by atoms with Crippen molar-refractivity contribution in [2.75, 3.05) is 27.8 Å². The Morgan fingerprint density at radius 3 is 2.41 bits per heavy atom. The summed E-state index contributed by atoms with van der Waals surface area (Å²) in [5.74, 6) is 1.40. The van der Waals surface area contributed by atoms with E-state index < -0.39 is 0 Å². The third kappa shape index (κ3) is 5.36. The van der Waals surface area contributed by atoms with Gasteiger partial charge in [-0.3, -0.25) is 9.78 Å². The summed E-state index contributed by atoms with van der Waals surface area (Å²) in [6, 6.07) is 26.1. The van der Waals surface area contributed by atoms with Gasteiger partial charge >= 0.3 is 0 Å². The van der Waals surface area contributed by atoms with Crippen LogP contribution in [0.5, 0.6) is 11.5 Å². The van der Waals surface area contributed by atoms with E-state index in [9.17, 15) is 4.79 Å². The number of H-pyrrole nitrogens is 1. The minimum Gasteiger partial charge on any atom is -0.493 e. The van der Waals surface area contributed by atoms with Gasteiger partial charge < -0.3 is 19.4 Å². The Balaban J connectivity index is 1.43. The SMILES string of the molecule is CCc1c(-c2ccc(OC)c(OC)c2)[nH]c2ccc(-c3cccc(C(=O)N(C)CCc4ccccn4)c3)cc12. The summed E-state index contributed by atoms with van der Waals surface area (Å²) in [6.45, 7) is 2.77. The summed E-state index contributed by atoms with van der Waals surface area (Å²) in [4.78, 5) is 22.9. The van der Waals surface area contributed by atoms with Gasteiger partial charge in [-0.1, -0.05) is 31.2 Å². The number of pyridine rings is 1. The number of rotatable bonds is 9. The highest BCUT2D eigenvalue weighted by atomic mass is 16.5. The van der Waals surface area contributed by atoms with Crippen LogP contribution in [0, 0.1) is 0 Å². The molecule has 0 aliphatic carbocycles. The van der Waals surface area contributed by atoms with Crippen molar-refractivity contribution in [2.45, 2.75) is 19.8 Å². The van der Waals surface area contributed by atoms with Gasteiger partial charge in [0.15, 0.2) is 11.5 Å². The van der Waals surface area contributed by atoms with Crippen LogP contribution in [0.25, 0.3) is 33.3 Å². The van der Waals surface area contributed by atoms with Crippen molar-refractivity contribution in [1.29, 1.82) is 0 Å². The van der Waals surface area contributed by atoms with Gasteiger partial charge in [0, 0.05) is 59.6 Å². The second-order valence-corrected chi connectivity index (χ2v) is 9.54. The second kappa shape index (κ2) is 11.4. The van der Waals surface area contributed by atoms with E-state index in [0.29, 0.717) is 23.6 Å². The number of nitrogens with one attached hydrogen (secondary N) is 1. The van der Waals surface area contributed by atoms with Gasteiger partial charge in [-0.05, 0) is 77.7 Å². The van der Waals surface area contributed by atoms with Crippen LogP contribution < -0.4 is 9.47 Å². The maximum atomic E-state index is 13.2. The molecular weight excluding hydrogens is 486 g/mol. The molecule has 2 heterocycles. The van der Waals surface area contributed by atoms with E-state index >= 15 is 0 Å².